The lowest BCUT2D eigenvalue weighted by Gasteiger charge is -2.18. The van der Waals surface area contributed by atoms with Crippen molar-refractivity contribution in [2.75, 3.05) is 13.2 Å². The van der Waals surface area contributed by atoms with Crippen molar-refractivity contribution in [3.05, 3.63) is 100.0 Å². The molecule has 34 heavy (non-hydrogen) atoms. The molecule has 3 aromatic carbocycles. The maximum atomic E-state index is 13.1. The van der Waals surface area contributed by atoms with Gasteiger partial charge in [0.05, 0.1) is 17.6 Å². The minimum Gasteiger partial charge on any atom is -0.486 e. The van der Waals surface area contributed by atoms with E-state index in [0.717, 1.165) is 11.1 Å². The average molecular weight is 454 g/mol. The Labute approximate surface area is 195 Å². The second-order valence-electron chi connectivity index (χ2n) is 7.84. The summed E-state index contributed by atoms with van der Waals surface area (Å²) in [6, 6.07) is 21.9. The van der Waals surface area contributed by atoms with Gasteiger partial charge in [0.2, 0.25) is 0 Å². The molecular weight excluding hydrogens is 432 g/mol. The van der Waals surface area contributed by atoms with Crippen LogP contribution in [0.4, 0.5) is 0 Å². The van der Waals surface area contributed by atoms with Crippen molar-refractivity contribution in [3.63, 3.8) is 0 Å². The minimum absolute atomic E-state index is 0.129. The summed E-state index contributed by atoms with van der Waals surface area (Å²) < 4.78 is 12.5. The van der Waals surface area contributed by atoms with Crippen molar-refractivity contribution in [1.29, 1.82) is 0 Å². The molecule has 0 bridgehead atoms. The van der Waals surface area contributed by atoms with Gasteiger partial charge in [-0.15, -0.1) is 0 Å². The quantitative estimate of drug-likeness (QED) is 0.369. The summed E-state index contributed by atoms with van der Waals surface area (Å²) in [6.07, 6.45) is 0. The van der Waals surface area contributed by atoms with Crippen molar-refractivity contribution in [3.8, 4) is 11.5 Å². The number of ether oxygens (including phenoxy) is 2. The molecule has 0 spiro atoms. The van der Waals surface area contributed by atoms with Crippen LogP contribution in [0.3, 0.4) is 0 Å². The number of rotatable bonds is 5. The first-order valence-electron chi connectivity index (χ1n) is 10.9. The number of amides is 1. The average Bonchev–Trinajstić information content (AvgIpc) is 2.89. The van der Waals surface area contributed by atoms with Gasteiger partial charge in [0, 0.05) is 10.9 Å². The van der Waals surface area contributed by atoms with Crippen molar-refractivity contribution in [1.82, 2.24) is 15.2 Å². The van der Waals surface area contributed by atoms with Crippen LogP contribution < -0.4 is 20.5 Å². The van der Waals surface area contributed by atoms with Crippen LogP contribution in [-0.2, 0) is 6.54 Å². The Balaban J connectivity index is 1.45. The molecule has 2 heterocycles. The lowest BCUT2D eigenvalue weighted by atomic mass is 10.1. The van der Waals surface area contributed by atoms with Crippen LogP contribution in [0.5, 0.6) is 11.5 Å². The Hall–Kier alpha value is -4.46. The fraction of sp³-hybridized carbons (Fsp3) is 0.154. The summed E-state index contributed by atoms with van der Waals surface area (Å²) in [5.41, 5.74) is 4.74. The van der Waals surface area contributed by atoms with E-state index >= 15 is 0 Å². The Bertz CT molecular complexity index is 1460. The van der Waals surface area contributed by atoms with E-state index in [-0.39, 0.29) is 17.8 Å². The first-order chi connectivity index (χ1) is 16.6. The van der Waals surface area contributed by atoms with Gasteiger partial charge in [-0.25, -0.2) is 10.1 Å². The smallest absolute Gasteiger partial charge is 0.292 e. The van der Waals surface area contributed by atoms with Crippen LogP contribution in [0.25, 0.3) is 10.8 Å². The van der Waals surface area contributed by atoms with Gasteiger partial charge in [-0.3, -0.25) is 9.59 Å². The highest BCUT2D eigenvalue weighted by Crippen LogP contribution is 2.30. The number of benzene rings is 3. The van der Waals surface area contributed by atoms with E-state index in [2.05, 4.69) is 15.6 Å². The summed E-state index contributed by atoms with van der Waals surface area (Å²) in [7, 11) is 0. The molecule has 0 unspecified atom stereocenters. The zero-order valence-electron chi connectivity index (χ0n) is 18.5. The summed E-state index contributed by atoms with van der Waals surface area (Å²) >= 11 is 0. The van der Waals surface area contributed by atoms with E-state index in [1.165, 1.54) is 4.68 Å². The topological polar surface area (TPSA) is 94.8 Å². The van der Waals surface area contributed by atoms with E-state index in [4.69, 9.17) is 9.47 Å². The molecule has 4 aromatic rings. The maximum Gasteiger partial charge on any atom is 0.292 e. The Morgan fingerprint density at radius 2 is 1.68 bits per heavy atom. The van der Waals surface area contributed by atoms with Crippen molar-refractivity contribution < 1.29 is 14.3 Å². The number of fused-ring (bicyclic) bond motifs is 2. The van der Waals surface area contributed by atoms with Crippen LogP contribution in [0, 0.1) is 0 Å². The van der Waals surface area contributed by atoms with E-state index < -0.39 is 5.91 Å². The highest BCUT2D eigenvalue weighted by atomic mass is 16.6. The van der Waals surface area contributed by atoms with Crippen LogP contribution >= 0.6 is 0 Å². The molecule has 8 nitrogen and oxygen atoms in total. The third kappa shape index (κ3) is 4.25. The monoisotopic (exact) mass is 454 g/mol. The third-order valence-electron chi connectivity index (χ3n) is 5.54. The number of hydrazone groups is 1. The summed E-state index contributed by atoms with van der Waals surface area (Å²) in [5.74, 6) is 0.823. The lowest BCUT2D eigenvalue weighted by Crippen LogP contribution is -2.29. The zero-order valence-corrected chi connectivity index (χ0v) is 18.5. The van der Waals surface area contributed by atoms with Gasteiger partial charge < -0.3 is 9.47 Å². The highest BCUT2D eigenvalue weighted by molar-refractivity contribution is 6.06. The third-order valence-corrected chi connectivity index (χ3v) is 5.54. The summed E-state index contributed by atoms with van der Waals surface area (Å²) in [5, 5.41) is 9.54. The van der Waals surface area contributed by atoms with Gasteiger partial charge in [0.15, 0.2) is 17.2 Å². The van der Waals surface area contributed by atoms with Crippen molar-refractivity contribution in [2.24, 2.45) is 5.10 Å². The van der Waals surface area contributed by atoms with E-state index in [1.807, 2.05) is 48.5 Å². The molecule has 1 aliphatic rings. The van der Waals surface area contributed by atoms with Crippen LogP contribution in [0.15, 0.2) is 82.7 Å². The highest BCUT2D eigenvalue weighted by Gasteiger charge is 2.17. The number of hydrogen-bond acceptors (Lipinski definition) is 6. The standard InChI is InChI=1S/C26H22N4O4/c1-17(19-11-12-22-23(15-19)34-14-13-33-22)27-28-25(31)24-20-9-5-6-10-21(20)26(32)30(29-24)16-18-7-3-2-4-8-18/h2-12,15H,13-14,16H2,1H3,(H,28,31). The molecule has 8 heteroatoms. The Kier molecular flexibility index (Phi) is 5.78. The number of carbonyl (C=O) groups is 1. The first-order valence-corrected chi connectivity index (χ1v) is 10.9. The largest absolute Gasteiger partial charge is 0.486 e. The maximum absolute atomic E-state index is 13.1. The van der Waals surface area contributed by atoms with Gasteiger partial charge in [-0.05, 0) is 36.8 Å². The Morgan fingerprint density at radius 1 is 0.971 bits per heavy atom. The molecular formula is C26H22N4O4. The summed E-state index contributed by atoms with van der Waals surface area (Å²) in [6.45, 7) is 3.04. The number of nitrogens with zero attached hydrogens (tertiary/aromatic N) is 3. The fourth-order valence-electron chi connectivity index (χ4n) is 3.79. The van der Waals surface area contributed by atoms with Crippen LogP contribution in [0.2, 0.25) is 0 Å². The number of aromatic nitrogens is 2. The molecule has 0 saturated carbocycles. The summed E-state index contributed by atoms with van der Waals surface area (Å²) in [4.78, 5) is 26.1. The first kappa shape index (κ1) is 21.4. The molecule has 1 N–H and O–H groups in total. The normalized spacial score (nSPS) is 13.0. The molecule has 0 atom stereocenters. The molecule has 5 rings (SSSR count). The molecule has 1 aliphatic heterocycles. The number of hydrogen-bond donors (Lipinski definition) is 1. The van der Waals surface area contributed by atoms with Gasteiger partial charge >= 0.3 is 0 Å². The molecule has 0 fully saturated rings. The fourth-order valence-corrected chi connectivity index (χ4v) is 3.79. The van der Waals surface area contributed by atoms with Gasteiger partial charge in [0.25, 0.3) is 11.5 Å². The van der Waals surface area contributed by atoms with Gasteiger partial charge in [-0.2, -0.15) is 10.2 Å². The number of nitrogens with one attached hydrogen (secondary N) is 1. The molecule has 170 valence electrons. The van der Waals surface area contributed by atoms with Gasteiger partial charge in [0.1, 0.15) is 13.2 Å². The second-order valence-corrected chi connectivity index (χ2v) is 7.84. The second kappa shape index (κ2) is 9.19. The van der Waals surface area contributed by atoms with E-state index in [9.17, 15) is 9.59 Å². The predicted molar refractivity (Wildman–Crippen MR) is 129 cm³/mol. The minimum atomic E-state index is -0.505. The van der Waals surface area contributed by atoms with Crippen LogP contribution in [0.1, 0.15) is 28.5 Å². The van der Waals surface area contributed by atoms with Crippen molar-refractivity contribution in [2.45, 2.75) is 13.5 Å². The Morgan fingerprint density at radius 3 is 2.47 bits per heavy atom. The van der Waals surface area contributed by atoms with E-state index in [1.54, 1.807) is 31.2 Å². The molecule has 0 aliphatic carbocycles. The molecule has 0 radical (unpaired) electrons. The molecule has 0 saturated heterocycles. The molecule has 1 amide bonds. The van der Waals surface area contributed by atoms with Crippen molar-refractivity contribution >= 4 is 22.4 Å². The predicted octanol–water partition coefficient (Wildman–Crippen LogP) is 3.37. The van der Waals surface area contributed by atoms with Crippen LogP contribution in [-0.4, -0.2) is 34.6 Å². The SMILES string of the molecule is CC(=NNC(=O)c1nn(Cc2ccccc2)c(=O)c2ccccc12)c1ccc2c(c1)OCCO2. The van der Waals surface area contributed by atoms with E-state index in [0.29, 0.717) is 41.2 Å². The zero-order chi connectivity index (χ0) is 23.5. The number of carbonyl (C=O) groups excluding carboxylic acids is 1. The lowest BCUT2D eigenvalue weighted by molar-refractivity contribution is 0.0949. The molecule has 1 aromatic heterocycles. The van der Waals surface area contributed by atoms with Gasteiger partial charge in [-0.1, -0.05) is 48.5 Å².